The third kappa shape index (κ3) is 5.91. The average molecular weight is 319 g/mol. The molecule has 0 bridgehead atoms. The fraction of sp³-hybridized carbons (Fsp3) is 0.700. The first-order chi connectivity index (χ1) is 10.9. The van der Waals surface area contributed by atoms with Gasteiger partial charge in [0.1, 0.15) is 0 Å². The first-order valence-corrected chi connectivity index (χ1v) is 8.97. The van der Waals surface area contributed by atoms with E-state index in [4.69, 9.17) is 4.74 Å². The third-order valence-electron chi connectivity index (χ3n) is 5.11. The highest BCUT2D eigenvalue weighted by Crippen LogP contribution is 2.19. The Bertz CT molecular complexity index is 478. The molecule has 1 aromatic rings. The molecule has 1 atom stereocenters. The monoisotopic (exact) mass is 318 g/mol. The van der Waals surface area contributed by atoms with Gasteiger partial charge in [-0.15, -0.1) is 0 Å². The lowest BCUT2D eigenvalue weighted by Gasteiger charge is -2.35. The second kappa shape index (κ2) is 8.27. The molecule has 1 aliphatic heterocycles. The van der Waals surface area contributed by atoms with Crippen molar-refractivity contribution in [2.75, 3.05) is 20.2 Å². The molecule has 3 heteroatoms. The van der Waals surface area contributed by atoms with Crippen molar-refractivity contribution in [1.29, 1.82) is 0 Å². The van der Waals surface area contributed by atoms with Gasteiger partial charge in [0.05, 0.1) is 5.60 Å². The zero-order valence-corrected chi connectivity index (χ0v) is 15.6. The van der Waals surface area contributed by atoms with Crippen LogP contribution in [0.3, 0.4) is 0 Å². The fourth-order valence-corrected chi connectivity index (χ4v) is 3.57. The number of hydrogen-bond acceptors (Lipinski definition) is 3. The van der Waals surface area contributed by atoms with Crippen molar-refractivity contribution in [2.24, 2.45) is 0 Å². The Morgan fingerprint density at radius 1 is 1.26 bits per heavy atom. The Morgan fingerprint density at radius 3 is 2.52 bits per heavy atom. The summed E-state index contributed by atoms with van der Waals surface area (Å²) in [7, 11) is 1.80. The number of likely N-dealkylation sites (tertiary alicyclic amines) is 1. The SMILES string of the molecule is COC(C)(C)C[C@H](C)NC1CCN(Cc2ccccc2C)CC1. The van der Waals surface area contributed by atoms with Crippen molar-refractivity contribution in [1.82, 2.24) is 10.2 Å². The van der Waals surface area contributed by atoms with E-state index in [-0.39, 0.29) is 5.60 Å². The standard InChI is InChI=1S/C20H34N2O/c1-16-8-6-7-9-18(16)15-22-12-10-19(11-13-22)21-17(2)14-20(3,4)23-5/h6-9,17,19,21H,10-15H2,1-5H3/t17-/m0/s1. The maximum Gasteiger partial charge on any atom is 0.0637 e. The quantitative estimate of drug-likeness (QED) is 0.828. The van der Waals surface area contributed by atoms with Gasteiger partial charge in [0.25, 0.3) is 0 Å². The topological polar surface area (TPSA) is 24.5 Å². The number of benzene rings is 1. The molecule has 0 aliphatic carbocycles. The van der Waals surface area contributed by atoms with Gasteiger partial charge in [0, 0.05) is 25.7 Å². The minimum absolute atomic E-state index is 0.0437. The molecular weight excluding hydrogens is 284 g/mol. The van der Waals surface area contributed by atoms with Crippen LogP contribution in [0.25, 0.3) is 0 Å². The van der Waals surface area contributed by atoms with Crippen LogP contribution in [-0.2, 0) is 11.3 Å². The van der Waals surface area contributed by atoms with Gasteiger partial charge in [-0.1, -0.05) is 24.3 Å². The van der Waals surface area contributed by atoms with E-state index in [0.717, 1.165) is 13.0 Å². The molecule has 1 heterocycles. The maximum absolute atomic E-state index is 5.54. The Balaban J connectivity index is 1.75. The van der Waals surface area contributed by atoms with Crippen molar-refractivity contribution in [3.05, 3.63) is 35.4 Å². The van der Waals surface area contributed by atoms with Crippen LogP contribution in [0.15, 0.2) is 24.3 Å². The minimum Gasteiger partial charge on any atom is -0.379 e. The minimum atomic E-state index is -0.0437. The third-order valence-corrected chi connectivity index (χ3v) is 5.11. The molecule has 0 saturated carbocycles. The van der Waals surface area contributed by atoms with Gasteiger partial charge in [0.15, 0.2) is 0 Å². The number of nitrogens with zero attached hydrogens (tertiary/aromatic N) is 1. The number of piperidine rings is 1. The lowest BCUT2D eigenvalue weighted by atomic mass is 9.97. The number of rotatable bonds is 7. The van der Waals surface area contributed by atoms with Gasteiger partial charge in [-0.2, -0.15) is 0 Å². The summed E-state index contributed by atoms with van der Waals surface area (Å²) in [4.78, 5) is 2.59. The number of methoxy groups -OCH3 is 1. The van der Waals surface area contributed by atoms with Crippen LogP contribution in [0.5, 0.6) is 0 Å². The summed E-state index contributed by atoms with van der Waals surface area (Å²) >= 11 is 0. The molecule has 0 aromatic heterocycles. The van der Waals surface area contributed by atoms with Crippen LogP contribution in [0.1, 0.15) is 51.2 Å². The second-order valence-electron chi connectivity index (χ2n) is 7.71. The van der Waals surface area contributed by atoms with Crippen molar-refractivity contribution in [3.8, 4) is 0 Å². The normalized spacial score (nSPS) is 19.0. The molecule has 1 fully saturated rings. The molecule has 1 saturated heterocycles. The van der Waals surface area contributed by atoms with Crippen LogP contribution in [0.4, 0.5) is 0 Å². The van der Waals surface area contributed by atoms with E-state index in [1.807, 2.05) is 0 Å². The molecule has 0 unspecified atom stereocenters. The average Bonchev–Trinajstić information content (AvgIpc) is 2.51. The Hall–Kier alpha value is -0.900. The molecule has 0 amide bonds. The molecule has 1 aliphatic rings. The van der Waals surface area contributed by atoms with Crippen LogP contribution in [0.2, 0.25) is 0 Å². The predicted molar refractivity (Wildman–Crippen MR) is 97.8 cm³/mol. The smallest absolute Gasteiger partial charge is 0.0637 e. The second-order valence-corrected chi connectivity index (χ2v) is 7.71. The summed E-state index contributed by atoms with van der Waals surface area (Å²) in [6.45, 7) is 12.3. The van der Waals surface area contributed by atoms with Gasteiger partial charge in [-0.3, -0.25) is 4.90 Å². The molecule has 130 valence electrons. The molecule has 2 rings (SSSR count). The van der Waals surface area contributed by atoms with Crippen molar-refractivity contribution in [2.45, 2.75) is 71.2 Å². The van der Waals surface area contributed by atoms with E-state index in [9.17, 15) is 0 Å². The summed E-state index contributed by atoms with van der Waals surface area (Å²) in [5, 5.41) is 3.80. The predicted octanol–water partition coefficient (Wildman–Crippen LogP) is 3.75. The largest absolute Gasteiger partial charge is 0.379 e. The first kappa shape index (κ1) is 18.4. The van der Waals surface area contributed by atoms with E-state index < -0.39 is 0 Å². The fourth-order valence-electron chi connectivity index (χ4n) is 3.57. The van der Waals surface area contributed by atoms with Crippen molar-refractivity contribution < 1.29 is 4.74 Å². The van der Waals surface area contributed by atoms with Gasteiger partial charge < -0.3 is 10.1 Å². The van der Waals surface area contributed by atoms with Crippen LogP contribution in [-0.4, -0.2) is 42.8 Å². The highest BCUT2D eigenvalue weighted by Gasteiger charge is 2.24. The molecular formula is C20H34N2O. The van der Waals surface area contributed by atoms with Crippen LogP contribution >= 0.6 is 0 Å². The van der Waals surface area contributed by atoms with Crippen molar-refractivity contribution >= 4 is 0 Å². The zero-order chi connectivity index (χ0) is 16.9. The van der Waals surface area contributed by atoms with Gasteiger partial charge >= 0.3 is 0 Å². The zero-order valence-electron chi connectivity index (χ0n) is 15.6. The van der Waals surface area contributed by atoms with Gasteiger partial charge in [-0.05, 0) is 71.2 Å². The number of nitrogens with one attached hydrogen (secondary N) is 1. The summed E-state index contributed by atoms with van der Waals surface area (Å²) in [5.74, 6) is 0. The Morgan fingerprint density at radius 2 is 1.91 bits per heavy atom. The molecule has 3 nitrogen and oxygen atoms in total. The van der Waals surface area contributed by atoms with E-state index in [1.165, 1.54) is 37.1 Å². The summed E-state index contributed by atoms with van der Waals surface area (Å²) in [6, 6.07) is 9.88. The molecule has 23 heavy (non-hydrogen) atoms. The van der Waals surface area contributed by atoms with E-state index in [2.05, 4.69) is 62.2 Å². The number of hydrogen-bond donors (Lipinski definition) is 1. The van der Waals surface area contributed by atoms with E-state index >= 15 is 0 Å². The molecule has 0 radical (unpaired) electrons. The van der Waals surface area contributed by atoms with Gasteiger partial charge in [0.2, 0.25) is 0 Å². The Kier molecular flexibility index (Phi) is 6.63. The summed E-state index contributed by atoms with van der Waals surface area (Å²) in [6.07, 6.45) is 3.53. The van der Waals surface area contributed by atoms with E-state index in [0.29, 0.717) is 12.1 Å². The van der Waals surface area contributed by atoms with Crippen LogP contribution in [0, 0.1) is 6.92 Å². The van der Waals surface area contributed by atoms with E-state index in [1.54, 1.807) is 7.11 Å². The highest BCUT2D eigenvalue weighted by molar-refractivity contribution is 5.25. The lowest BCUT2D eigenvalue weighted by molar-refractivity contribution is 0.00686. The van der Waals surface area contributed by atoms with Crippen molar-refractivity contribution in [3.63, 3.8) is 0 Å². The Labute approximate surface area is 142 Å². The molecule has 0 spiro atoms. The highest BCUT2D eigenvalue weighted by atomic mass is 16.5. The summed E-state index contributed by atoms with van der Waals surface area (Å²) < 4.78 is 5.54. The molecule has 1 aromatic carbocycles. The lowest BCUT2D eigenvalue weighted by Crippen LogP contribution is -2.47. The summed E-state index contributed by atoms with van der Waals surface area (Å²) in [5.41, 5.74) is 2.83. The number of aryl methyl sites for hydroxylation is 1. The molecule has 1 N–H and O–H groups in total. The van der Waals surface area contributed by atoms with Gasteiger partial charge in [-0.25, -0.2) is 0 Å². The number of ether oxygens (including phenoxy) is 1. The van der Waals surface area contributed by atoms with Crippen LogP contribution < -0.4 is 5.32 Å². The first-order valence-electron chi connectivity index (χ1n) is 8.97. The maximum atomic E-state index is 5.54.